The number of amides is 1. The van der Waals surface area contributed by atoms with Crippen LogP contribution < -0.4 is 16.6 Å². The number of hydrazine groups is 1. The number of benzene rings is 1. The summed E-state index contributed by atoms with van der Waals surface area (Å²) in [5.41, 5.74) is 4.93. The van der Waals surface area contributed by atoms with Gasteiger partial charge < -0.3 is 10.7 Å². The molecule has 1 aromatic rings. The summed E-state index contributed by atoms with van der Waals surface area (Å²) in [6.07, 6.45) is 1.02. The van der Waals surface area contributed by atoms with Crippen molar-refractivity contribution in [1.82, 2.24) is 5.32 Å². The van der Waals surface area contributed by atoms with Crippen LogP contribution in [-0.4, -0.2) is 12.5 Å². The summed E-state index contributed by atoms with van der Waals surface area (Å²) in [5, 5.41) is 2.96. The fourth-order valence-electron chi connectivity index (χ4n) is 1.51. The normalized spacial score (nSPS) is 11.2. The zero-order valence-corrected chi connectivity index (χ0v) is 11.6. The summed E-state index contributed by atoms with van der Waals surface area (Å²) >= 11 is 0. The number of nitrogen functional groups attached to an aromatic ring is 1. The van der Waals surface area contributed by atoms with E-state index in [1.165, 1.54) is 0 Å². The van der Waals surface area contributed by atoms with Gasteiger partial charge in [0.2, 0.25) is 0 Å². The van der Waals surface area contributed by atoms with Gasteiger partial charge in [0.1, 0.15) is 0 Å². The Kier molecular flexibility index (Phi) is 4.73. The molecule has 0 spiro atoms. The van der Waals surface area contributed by atoms with Crippen molar-refractivity contribution in [1.29, 1.82) is 0 Å². The first-order valence-electron chi connectivity index (χ1n) is 6.25. The molecule has 0 aliphatic rings. The number of carbonyl (C=O) groups excluding carboxylic acids is 1. The molecule has 0 heterocycles. The zero-order chi connectivity index (χ0) is 13.8. The van der Waals surface area contributed by atoms with E-state index in [1.54, 1.807) is 0 Å². The van der Waals surface area contributed by atoms with E-state index >= 15 is 0 Å². The van der Waals surface area contributed by atoms with Gasteiger partial charge in [0.25, 0.3) is 5.91 Å². The van der Waals surface area contributed by atoms with E-state index < -0.39 is 0 Å². The molecular formula is C14H23N3O. The molecule has 1 amide bonds. The number of nitrogens with one attached hydrogen (secondary N) is 2. The lowest BCUT2D eigenvalue weighted by atomic mass is 9.90. The van der Waals surface area contributed by atoms with Crippen LogP contribution in [0.1, 0.15) is 43.1 Å². The van der Waals surface area contributed by atoms with Crippen LogP contribution in [0, 0.1) is 12.3 Å². The van der Waals surface area contributed by atoms with Gasteiger partial charge in [0, 0.05) is 6.54 Å². The van der Waals surface area contributed by atoms with Crippen molar-refractivity contribution in [3.8, 4) is 0 Å². The van der Waals surface area contributed by atoms with E-state index in [1.807, 2.05) is 25.1 Å². The number of carbonyl (C=O) groups is 1. The SMILES string of the molecule is CCC(C)(C)CNC(=O)c1cc(C)ccc1NN. The van der Waals surface area contributed by atoms with Gasteiger partial charge in [-0.1, -0.05) is 32.4 Å². The highest BCUT2D eigenvalue weighted by atomic mass is 16.1. The Labute approximate surface area is 109 Å². The molecule has 0 aromatic heterocycles. The molecule has 0 fully saturated rings. The average Bonchev–Trinajstić information content (AvgIpc) is 2.36. The maximum absolute atomic E-state index is 12.1. The quantitative estimate of drug-likeness (QED) is 0.554. The summed E-state index contributed by atoms with van der Waals surface area (Å²) in [6, 6.07) is 5.57. The average molecular weight is 249 g/mol. The molecule has 1 aromatic carbocycles. The number of rotatable bonds is 5. The van der Waals surface area contributed by atoms with Gasteiger partial charge in [-0.05, 0) is 30.9 Å². The number of hydrogen-bond donors (Lipinski definition) is 3. The molecule has 0 radical (unpaired) electrons. The predicted molar refractivity (Wildman–Crippen MR) is 75.4 cm³/mol. The molecule has 100 valence electrons. The zero-order valence-electron chi connectivity index (χ0n) is 11.6. The van der Waals surface area contributed by atoms with Crippen molar-refractivity contribution in [3.05, 3.63) is 29.3 Å². The molecule has 0 aliphatic heterocycles. The Balaban J connectivity index is 2.81. The first-order chi connectivity index (χ1) is 8.39. The van der Waals surface area contributed by atoms with Crippen LogP contribution >= 0.6 is 0 Å². The molecule has 0 saturated heterocycles. The lowest BCUT2D eigenvalue weighted by molar-refractivity contribution is 0.0936. The minimum atomic E-state index is -0.0897. The van der Waals surface area contributed by atoms with E-state index in [4.69, 9.17) is 5.84 Å². The standard InChI is InChI=1S/C14H23N3O/c1-5-14(3,4)9-16-13(18)11-8-10(2)6-7-12(11)17-15/h6-8,17H,5,9,15H2,1-4H3,(H,16,18). The van der Waals surface area contributed by atoms with Gasteiger partial charge in [0.15, 0.2) is 0 Å². The summed E-state index contributed by atoms with van der Waals surface area (Å²) in [4.78, 5) is 12.1. The number of anilines is 1. The van der Waals surface area contributed by atoms with Crippen LogP contribution in [0.3, 0.4) is 0 Å². The van der Waals surface area contributed by atoms with E-state index in [0.717, 1.165) is 12.0 Å². The Morgan fingerprint density at radius 3 is 2.61 bits per heavy atom. The highest BCUT2D eigenvalue weighted by Crippen LogP contribution is 2.19. The number of nitrogens with two attached hydrogens (primary N) is 1. The first kappa shape index (κ1) is 14.5. The van der Waals surface area contributed by atoms with Crippen LogP contribution in [0.5, 0.6) is 0 Å². The Hall–Kier alpha value is -1.55. The molecule has 4 heteroatoms. The minimum absolute atomic E-state index is 0.0897. The molecule has 0 aliphatic carbocycles. The fraction of sp³-hybridized carbons (Fsp3) is 0.500. The smallest absolute Gasteiger partial charge is 0.253 e. The summed E-state index contributed by atoms with van der Waals surface area (Å²) < 4.78 is 0. The number of aryl methyl sites for hydroxylation is 1. The van der Waals surface area contributed by atoms with Gasteiger partial charge in [-0.3, -0.25) is 10.6 Å². The molecular weight excluding hydrogens is 226 g/mol. The highest BCUT2D eigenvalue weighted by Gasteiger charge is 2.18. The third kappa shape index (κ3) is 3.74. The Bertz CT molecular complexity index is 427. The summed E-state index contributed by atoms with van der Waals surface area (Å²) in [5.74, 6) is 5.33. The van der Waals surface area contributed by atoms with Crippen LogP contribution in [0.15, 0.2) is 18.2 Å². The topological polar surface area (TPSA) is 67.2 Å². The van der Waals surface area contributed by atoms with Crippen LogP contribution in [-0.2, 0) is 0 Å². The van der Waals surface area contributed by atoms with Gasteiger partial charge in [0.05, 0.1) is 11.3 Å². The molecule has 0 saturated carbocycles. The van der Waals surface area contributed by atoms with Crippen LogP contribution in [0.25, 0.3) is 0 Å². The molecule has 0 atom stereocenters. The molecule has 1 rings (SSSR count). The van der Waals surface area contributed by atoms with E-state index in [0.29, 0.717) is 17.8 Å². The lowest BCUT2D eigenvalue weighted by Gasteiger charge is -2.23. The van der Waals surface area contributed by atoms with Gasteiger partial charge in [-0.25, -0.2) is 0 Å². The third-order valence-corrected chi connectivity index (χ3v) is 3.26. The molecule has 18 heavy (non-hydrogen) atoms. The van der Waals surface area contributed by atoms with Crippen LogP contribution in [0.2, 0.25) is 0 Å². The van der Waals surface area contributed by atoms with Crippen molar-refractivity contribution in [2.24, 2.45) is 11.3 Å². The second-order valence-corrected chi connectivity index (χ2v) is 5.39. The van der Waals surface area contributed by atoms with Crippen molar-refractivity contribution >= 4 is 11.6 Å². The van der Waals surface area contributed by atoms with Crippen LogP contribution in [0.4, 0.5) is 5.69 Å². The van der Waals surface area contributed by atoms with Crippen molar-refractivity contribution in [3.63, 3.8) is 0 Å². The summed E-state index contributed by atoms with van der Waals surface area (Å²) in [6.45, 7) is 8.98. The molecule has 0 bridgehead atoms. The van der Waals surface area contributed by atoms with Crippen molar-refractivity contribution in [2.45, 2.75) is 34.1 Å². The molecule has 4 nitrogen and oxygen atoms in total. The maximum atomic E-state index is 12.1. The largest absolute Gasteiger partial charge is 0.351 e. The third-order valence-electron chi connectivity index (χ3n) is 3.26. The first-order valence-corrected chi connectivity index (χ1v) is 6.25. The molecule has 0 unspecified atom stereocenters. The number of hydrogen-bond acceptors (Lipinski definition) is 3. The van der Waals surface area contributed by atoms with Crippen molar-refractivity contribution in [2.75, 3.05) is 12.0 Å². The highest BCUT2D eigenvalue weighted by molar-refractivity contribution is 5.99. The fourth-order valence-corrected chi connectivity index (χ4v) is 1.51. The predicted octanol–water partition coefficient (Wildman–Crippen LogP) is 2.45. The summed E-state index contributed by atoms with van der Waals surface area (Å²) in [7, 11) is 0. The second-order valence-electron chi connectivity index (χ2n) is 5.39. The Morgan fingerprint density at radius 1 is 1.39 bits per heavy atom. The minimum Gasteiger partial charge on any atom is -0.351 e. The van der Waals surface area contributed by atoms with E-state index in [9.17, 15) is 4.79 Å². The molecule has 4 N–H and O–H groups in total. The Morgan fingerprint density at radius 2 is 2.06 bits per heavy atom. The van der Waals surface area contributed by atoms with Crippen molar-refractivity contribution < 1.29 is 4.79 Å². The van der Waals surface area contributed by atoms with E-state index in [-0.39, 0.29) is 11.3 Å². The van der Waals surface area contributed by atoms with Gasteiger partial charge in [-0.15, -0.1) is 0 Å². The second kappa shape index (κ2) is 5.87. The lowest BCUT2D eigenvalue weighted by Crippen LogP contribution is -2.34. The van der Waals surface area contributed by atoms with E-state index in [2.05, 4.69) is 31.5 Å². The van der Waals surface area contributed by atoms with Gasteiger partial charge >= 0.3 is 0 Å². The maximum Gasteiger partial charge on any atom is 0.253 e. The van der Waals surface area contributed by atoms with Gasteiger partial charge in [-0.2, -0.15) is 0 Å². The monoisotopic (exact) mass is 249 g/mol.